The Bertz CT molecular complexity index is 603. The van der Waals surface area contributed by atoms with Gasteiger partial charge in [0.15, 0.2) is 5.03 Å². The molecule has 0 N–H and O–H groups in total. The highest BCUT2D eigenvalue weighted by molar-refractivity contribution is 8.01. The van der Waals surface area contributed by atoms with Crippen molar-refractivity contribution in [3.05, 3.63) is 21.2 Å². The van der Waals surface area contributed by atoms with E-state index in [4.69, 9.17) is 4.74 Å². The van der Waals surface area contributed by atoms with Crippen molar-refractivity contribution < 1.29 is 9.77 Å². The van der Waals surface area contributed by atoms with Gasteiger partial charge in [-0.05, 0) is 12.8 Å². The average Bonchev–Trinajstić information content (AvgIpc) is 2.98. The molecule has 132 valence electrons. The van der Waals surface area contributed by atoms with Crippen LogP contribution in [0.5, 0.6) is 0 Å². The molecule has 1 aliphatic heterocycles. The Labute approximate surface area is 149 Å². The minimum Gasteiger partial charge on any atom is -0.341 e. The van der Waals surface area contributed by atoms with Crippen LogP contribution in [0.1, 0.15) is 37.0 Å². The number of nitro groups is 1. The van der Waals surface area contributed by atoms with Crippen molar-refractivity contribution in [2.24, 2.45) is 5.10 Å². The standard InChI is InChI=1S/C14H21N5O3S2/c1-17-9-22-10-18(13(17)16-19(20)21)8-12-7-15-14(24-12)23-11-5-3-2-4-6-11/h7,11H,2-6,8-10H2,1H3/b16-13-. The maximum Gasteiger partial charge on any atom is 0.277 e. The van der Waals surface area contributed by atoms with E-state index in [0.29, 0.717) is 31.2 Å². The van der Waals surface area contributed by atoms with Crippen LogP contribution in [0, 0.1) is 10.1 Å². The van der Waals surface area contributed by atoms with Gasteiger partial charge in [0, 0.05) is 23.4 Å². The fraction of sp³-hybridized carbons (Fsp3) is 0.714. The lowest BCUT2D eigenvalue weighted by atomic mass is 10.0. The number of ether oxygens (including phenoxy) is 1. The van der Waals surface area contributed by atoms with Crippen molar-refractivity contribution in [1.29, 1.82) is 0 Å². The molecule has 1 aromatic rings. The van der Waals surface area contributed by atoms with E-state index in [9.17, 15) is 10.1 Å². The summed E-state index contributed by atoms with van der Waals surface area (Å²) in [4.78, 5) is 19.7. The van der Waals surface area contributed by atoms with Crippen LogP contribution in [0.15, 0.2) is 15.6 Å². The van der Waals surface area contributed by atoms with Gasteiger partial charge in [-0.3, -0.25) is 0 Å². The number of hydrogen-bond acceptors (Lipinski definition) is 6. The average molecular weight is 371 g/mol. The van der Waals surface area contributed by atoms with Gasteiger partial charge in [-0.1, -0.05) is 31.0 Å². The predicted octanol–water partition coefficient (Wildman–Crippen LogP) is 2.79. The molecule has 1 saturated heterocycles. The molecule has 10 heteroatoms. The molecule has 1 aliphatic carbocycles. The number of guanidine groups is 1. The van der Waals surface area contributed by atoms with E-state index < -0.39 is 5.03 Å². The molecule has 2 heterocycles. The summed E-state index contributed by atoms with van der Waals surface area (Å²) in [7, 11) is 1.73. The molecule has 0 unspecified atom stereocenters. The molecule has 3 rings (SSSR count). The van der Waals surface area contributed by atoms with Crippen LogP contribution in [0.25, 0.3) is 0 Å². The third-order valence-electron chi connectivity index (χ3n) is 4.03. The summed E-state index contributed by atoms with van der Waals surface area (Å²) in [5, 5.41) is 14.2. The number of thioether (sulfide) groups is 1. The highest BCUT2D eigenvalue weighted by atomic mass is 32.2. The van der Waals surface area contributed by atoms with Gasteiger partial charge in [0.25, 0.3) is 5.96 Å². The normalized spacial score (nSPS) is 21.5. The van der Waals surface area contributed by atoms with Crippen LogP contribution in [0.4, 0.5) is 0 Å². The summed E-state index contributed by atoms with van der Waals surface area (Å²) in [6.07, 6.45) is 8.37. The van der Waals surface area contributed by atoms with Crippen molar-refractivity contribution in [2.75, 3.05) is 20.5 Å². The molecule has 24 heavy (non-hydrogen) atoms. The first-order chi connectivity index (χ1) is 11.6. The Kier molecular flexibility index (Phi) is 5.90. The van der Waals surface area contributed by atoms with Gasteiger partial charge in [-0.15, -0.1) is 11.3 Å². The summed E-state index contributed by atoms with van der Waals surface area (Å²) in [5.41, 5.74) is 0. The topological polar surface area (TPSA) is 84.1 Å². The maximum atomic E-state index is 10.7. The van der Waals surface area contributed by atoms with Crippen LogP contribution in [-0.2, 0) is 11.3 Å². The third-order valence-corrected chi connectivity index (χ3v) is 6.45. The van der Waals surface area contributed by atoms with Crippen molar-refractivity contribution in [3.8, 4) is 0 Å². The minimum atomic E-state index is -0.665. The molecule has 0 radical (unpaired) electrons. The van der Waals surface area contributed by atoms with Gasteiger partial charge in [0.05, 0.1) is 6.54 Å². The van der Waals surface area contributed by atoms with Gasteiger partial charge < -0.3 is 14.5 Å². The Morgan fingerprint density at radius 1 is 1.46 bits per heavy atom. The summed E-state index contributed by atoms with van der Waals surface area (Å²) in [5.74, 6) is 0.320. The van der Waals surface area contributed by atoms with E-state index >= 15 is 0 Å². The first-order valence-corrected chi connectivity index (χ1v) is 9.69. The monoisotopic (exact) mass is 371 g/mol. The highest BCUT2D eigenvalue weighted by Crippen LogP contribution is 2.35. The molecule has 0 spiro atoms. The van der Waals surface area contributed by atoms with Crippen LogP contribution in [0.2, 0.25) is 0 Å². The summed E-state index contributed by atoms with van der Waals surface area (Å²) < 4.78 is 6.51. The van der Waals surface area contributed by atoms with Crippen molar-refractivity contribution in [2.45, 2.75) is 48.2 Å². The van der Waals surface area contributed by atoms with Crippen molar-refractivity contribution >= 4 is 29.1 Å². The molecular weight excluding hydrogens is 350 g/mol. The zero-order valence-electron chi connectivity index (χ0n) is 13.6. The zero-order chi connectivity index (χ0) is 16.9. The first-order valence-electron chi connectivity index (χ1n) is 8.00. The third kappa shape index (κ3) is 4.58. The molecular formula is C14H21N5O3S2. The number of rotatable bonds is 5. The lowest BCUT2D eigenvalue weighted by Crippen LogP contribution is -2.49. The Morgan fingerprint density at radius 3 is 3.00 bits per heavy atom. The minimum absolute atomic E-state index is 0.292. The van der Waals surface area contributed by atoms with Gasteiger partial charge in [-0.25, -0.2) is 15.1 Å². The van der Waals surface area contributed by atoms with Crippen LogP contribution >= 0.6 is 23.1 Å². The second-order valence-electron chi connectivity index (χ2n) is 5.97. The molecule has 0 amide bonds. The molecule has 0 aromatic carbocycles. The van der Waals surface area contributed by atoms with E-state index in [-0.39, 0.29) is 0 Å². The van der Waals surface area contributed by atoms with E-state index in [1.54, 1.807) is 28.2 Å². The molecule has 2 aliphatic rings. The summed E-state index contributed by atoms with van der Waals surface area (Å²) >= 11 is 3.52. The number of hydrazone groups is 1. The van der Waals surface area contributed by atoms with Gasteiger partial charge in [-0.2, -0.15) is 0 Å². The Hall–Kier alpha value is -1.39. The fourth-order valence-electron chi connectivity index (χ4n) is 2.90. The van der Waals surface area contributed by atoms with Crippen molar-refractivity contribution in [3.63, 3.8) is 0 Å². The molecule has 2 fully saturated rings. The Morgan fingerprint density at radius 2 is 2.25 bits per heavy atom. The van der Waals surface area contributed by atoms with E-state index in [0.717, 1.165) is 9.22 Å². The predicted molar refractivity (Wildman–Crippen MR) is 93.4 cm³/mol. The number of aromatic nitrogens is 1. The number of nitrogens with zero attached hydrogens (tertiary/aromatic N) is 5. The smallest absolute Gasteiger partial charge is 0.277 e. The van der Waals surface area contributed by atoms with Gasteiger partial charge in [0.1, 0.15) is 22.9 Å². The number of thiazole rings is 1. The number of hydrogen-bond donors (Lipinski definition) is 0. The van der Waals surface area contributed by atoms with Crippen LogP contribution in [0.3, 0.4) is 0 Å². The molecule has 1 saturated carbocycles. The molecule has 1 aromatic heterocycles. The molecule has 0 atom stereocenters. The second-order valence-corrected chi connectivity index (χ2v) is 8.63. The van der Waals surface area contributed by atoms with E-state index in [1.807, 2.05) is 18.0 Å². The second kappa shape index (κ2) is 8.13. The van der Waals surface area contributed by atoms with Gasteiger partial charge >= 0.3 is 0 Å². The highest BCUT2D eigenvalue weighted by Gasteiger charge is 2.26. The SMILES string of the molecule is CN1COCN(Cc2cnc(SC3CCCCC3)s2)/C1=N\[N+](=O)[O-]. The van der Waals surface area contributed by atoms with E-state index in [2.05, 4.69) is 10.1 Å². The molecule has 8 nitrogen and oxygen atoms in total. The van der Waals surface area contributed by atoms with Crippen LogP contribution < -0.4 is 0 Å². The largest absolute Gasteiger partial charge is 0.341 e. The Balaban J connectivity index is 1.63. The van der Waals surface area contributed by atoms with Gasteiger partial charge in [0.2, 0.25) is 0 Å². The lowest BCUT2D eigenvalue weighted by Gasteiger charge is -2.34. The fourth-order valence-corrected chi connectivity index (χ4v) is 5.45. The van der Waals surface area contributed by atoms with Crippen LogP contribution in [-0.4, -0.2) is 51.5 Å². The molecule has 0 bridgehead atoms. The first kappa shape index (κ1) is 17.4. The zero-order valence-corrected chi connectivity index (χ0v) is 15.2. The summed E-state index contributed by atoms with van der Waals surface area (Å²) in [6, 6.07) is 0. The van der Waals surface area contributed by atoms with Crippen molar-refractivity contribution in [1.82, 2.24) is 14.8 Å². The summed E-state index contributed by atoms with van der Waals surface area (Å²) in [6.45, 7) is 1.11. The van der Waals surface area contributed by atoms with E-state index in [1.165, 1.54) is 32.1 Å². The lowest BCUT2D eigenvalue weighted by molar-refractivity contribution is -0.486. The quantitative estimate of drug-likeness (QED) is 0.581. The maximum absolute atomic E-state index is 10.7.